The number of nitrogens with one attached hydrogen (secondary N) is 2. The number of nitrogens with zero attached hydrogens (tertiary/aromatic N) is 2. The highest BCUT2D eigenvalue weighted by molar-refractivity contribution is 6.30. The van der Waals surface area contributed by atoms with Gasteiger partial charge in [0.2, 0.25) is 0 Å². The van der Waals surface area contributed by atoms with Gasteiger partial charge >= 0.3 is 0 Å². The van der Waals surface area contributed by atoms with E-state index < -0.39 is 0 Å². The van der Waals surface area contributed by atoms with Crippen molar-refractivity contribution in [2.75, 3.05) is 5.32 Å². The molecule has 0 radical (unpaired) electrons. The predicted molar refractivity (Wildman–Crippen MR) is 76.6 cm³/mol. The normalized spacial score (nSPS) is 10.4. The maximum absolute atomic E-state index is 5.87. The summed E-state index contributed by atoms with van der Waals surface area (Å²) in [6.07, 6.45) is 3.48. The summed E-state index contributed by atoms with van der Waals surface area (Å²) in [6.45, 7) is 0. The van der Waals surface area contributed by atoms with Crippen molar-refractivity contribution in [2.45, 2.75) is 0 Å². The molecule has 0 aliphatic carbocycles. The summed E-state index contributed by atoms with van der Waals surface area (Å²) in [7, 11) is 0. The van der Waals surface area contributed by atoms with Crippen LogP contribution in [0.3, 0.4) is 0 Å². The summed E-state index contributed by atoms with van der Waals surface area (Å²) < 4.78 is 0. The average Bonchev–Trinajstić information content (AvgIpc) is 2.89. The second-order valence-electron chi connectivity index (χ2n) is 4.04. The molecule has 0 unspecified atom stereocenters. The molecule has 94 valence electrons. The molecule has 0 bridgehead atoms. The zero-order valence-corrected chi connectivity index (χ0v) is 10.7. The lowest BCUT2D eigenvalue weighted by atomic mass is 10.1. The number of pyridine rings is 1. The van der Waals surface area contributed by atoms with Crippen LogP contribution < -0.4 is 5.32 Å². The highest BCUT2D eigenvalue weighted by Gasteiger charge is 2.03. The van der Waals surface area contributed by atoms with Gasteiger partial charge in [-0.2, -0.15) is 5.10 Å². The van der Waals surface area contributed by atoms with E-state index >= 15 is 0 Å². The molecule has 0 saturated heterocycles. The molecule has 0 spiro atoms. The quantitative estimate of drug-likeness (QED) is 0.760. The SMILES string of the molecule is Clc1ccc(-c2cc(Nc3cccnc3)n[nH]2)cc1. The summed E-state index contributed by atoms with van der Waals surface area (Å²) >= 11 is 5.87. The fourth-order valence-corrected chi connectivity index (χ4v) is 1.87. The Hall–Kier alpha value is -2.33. The van der Waals surface area contributed by atoms with Gasteiger partial charge in [0.05, 0.1) is 17.6 Å². The molecule has 1 aromatic carbocycles. The Kier molecular flexibility index (Phi) is 3.16. The van der Waals surface area contributed by atoms with Crippen molar-refractivity contribution in [3.8, 4) is 11.3 Å². The molecule has 2 aromatic heterocycles. The summed E-state index contributed by atoms with van der Waals surface area (Å²) in [6, 6.07) is 13.3. The van der Waals surface area contributed by atoms with Gasteiger partial charge in [-0.05, 0) is 29.8 Å². The Bertz CT molecular complexity index is 661. The highest BCUT2D eigenvalue weighted by atomic mass is 35.5. The van der Waals surface area contributed by atoms with Crippen LogP contribution in [-0.4, -0.2) is 15.2 Å². The van der Waals surface area contributed by atoms with Gasteiger partial charge in [-0.25, -0.2) is 0 Å². The van der Waals surface area contributed by atoms with E-state index in [0.717, 1.165) is 27.8 Å². The molecular formula is C14H11ClN4. The minimum atomic E-state index is 0.719. The van der Waals surface area contributed by atoms with E-state index in [1.807, 2.05) is 42.5 Å². The van der Waals surface area contributed by atoms with E-state index in [2.05, 4.69) is 20.5 Å². The lowest BCUT2D eigenvalue weighted by Crippen LogP contribution is -1.90. The minimum Gasteiger partial charge on any atom is -0.337 e. The Morgan fingerprint density at radius 2 is 1.95 bits per heavy atom. The van der Waals surface area contributed by atoms with Crippen LogP contribution in [0, 0.1) is 0 Å². The van der Waals surface area contributed by atoms with Crippen LogP contribution in [0.5, 0.6) is 0 Å². The molecule has 0 aliphatic heterocycles. The van der Waals surface area contributed by atoms with E-state index in [9.17, 15) is 0 Å². The van der Waals surface area contributed by atoms with Crippen LogP contribution in [0.4, 0.5) is 11.5 Å². The molecule has 19 heavy (non-hydrogen) atoms. The summed E-state index contributed by atoms with van der Waals surface area (Å²) in [5.41, 5.74) is 2.87. The summed E-state index contributed by atoms with van der Waals surface area (Å²) in [4.78, 5) is 4.04. The van der Waals surface area contributed by atoms with E-state index in [-0.39, 0.29) is 0 Å². The number of hydrogen-bond donors (Lipinski definition) is 2. The highest BCUT2D eigenvalue weighted by Crippen LogP contribution is 2.23. The molecule has 0 aliphatic rings. The van der Waals surface area contributed by atoms with Gasteiger partial charge in [0.25, 0.3) is 0 Å². The van der Waals surface area contributed by atoms with Crippen molar-refractivity contribution >= 4 is 23.1 Å². The van der Waals surface area contributed by atoms with Gasteiger partial charge in [-0.3, -0.25) is 10.1 Å². The number of benzene rings is 1. The van der Waals surface area contributed by atoms with Gasteiger partial charge in [0, 0.05) is 17.3 Å². The third kappa shape index (κ3) is 2.74. The summed E-state index contributed by atoms with van der Waals surface area (Å²) in [5, 5.41) is 11.1. The molecule has 0 fully saturated rings. The van der Waals surface area contributed by atoms with Crippen LogP contribution in [0.2, 0.25) is 5.02 Å². The van der Waals surface area contributed by atoms with E-state index in [1.165, 1.54) is 0 Å². The van der Waals surface area contributed by atoms with Gasteiger partial charge in [0.1, 0.15) is 0 Å². The first-order valence-corrected chi connectivity index (χ1v) is 6.17. The second kappa shape index (κ2) is 5.12. The molecule has 3 rings (SSSR count). The topological polar surface area (TPSA) is 53.6 Å². The first-order chi connectivity index (χ1) is 9.31. The molecular weight excluding hydrogens is 260 g/mol. The zero-order chi connectivity index (χ0) is 13.1. The maximum Gasteiger partial charge on any atom is 0.152 e. The number of aromatic nitrogens is 3. The summed E-state index contributed by atoms with van der Waals surface area (Å²) in [5.74, 6) is 0.748. The zero-order valence-electron chi connectivity index (χ0n) is 9.97. The molecule has 0 atom stereocenters. The molecule has 2 N–H and O–H groups in total. The van der Waals surface area contributed by atoms with Crippen LogP contribution >= 0.6 is 11.6 Å². The van der Waals surface area contributed by atoms with Crippen molar-refractivity contribution in [1.29, 1.82) is 0 Å². The fourth-order valence-electron chi connectivity index (χ4n) is 1.75. The van der Waals surface area contributed by atoms with E-state index in [4.69, 9.17) is 11.6 Å². The molecule has 2 heterocycles. The van der Waals surface area contributed by atoms with Gasteiger partial charge in [-0.1, -0.05) is 23.7 Å². The first-order valence-electron chi connectivity index (χ1n) is 5.80. The minimum absolute atomic E-state index is 0.719. The molecule has 5 heteroatoms. The smallest absolute Gasteiger partial charge is 0.152 e. The van der Waals surface area contributed by atoms with Gasteiger partial charge in [0.15, 0.2) is 5.82 Å². The predicted octanol–water partition coefficient (Wildman–Crippen LogP) is 3.87. The van der Waals surface area contributed by atoms with Crippen LogP contribution in [0.1, 0.15) is 0 Å². The lowest BCUT2D eigenvalue weighted by molar-refractivity contribution is 1.10. The van der Waals surface area contributed by atoms with Crippen LogP contribution in [0.15, 0.2) is 54.9 Å². The third-order valence-electron chi connectivity index (χ3n) is 2.67. The second-order valence-corrected chi connectivity index (χ2v) is 4.48. The number of anilines is 2. The van der Waals surface area contributed by atoms with Crippen molar-refractivity contribution in [3.05, 3.63) is 59.9 Å². The number of H-pyrrole nitrogens is 1. The van der Waals surface area contributed by atoms with Crippen molar-refractivity contribution in [1.82, 2.24) is 15.2 Å². The monoisotopic (exact) mass is 270 g/mol. The van der Waals surface area contributed by atoms with Crippen molar-refractivity contribution < 1.29 is 0 Å². The molecule has 0 amide bonds. The average molecular weight is 271 g/mol. The van der Waals surface area contributed by atoms with E-state index in [0.29, 0.717) is 0 Å². The number of aromatic amines is 1. The van der Waals surface area contributed by atoms with Crippen LogP contribution in [-0.2, 0) is 0 Å². The van der Waals surface area contributed by atoms with Crippen molar-refractivity contribution in [2.24, 2.45) is 0 Å². The Labute approximate surface area is 115 Å². The van der Waals surface area contributed by atoms with Gasteiger partial charge in [-0.15, -0.1) is 0 Å². The number of halogens is 1. The van der Waals surface area contributed by atoms with Crippen LogP contribution in [0.25, 0.3) is 11.3 Å². The molecule has 3 aromatic rings. The van der Waals surface area contributed by atoms with Crippen molar-refractivity contribution in [3.63, 3.8) is 0 Å². The maximum atomic E-state index is 5.87. The number of rotatable bonds is 3. The van der Waals surface area contributed by atoms with Gasteiger partial charge < -0.3 is 5.32 Å². The lowest BCUT2D eigenvalue weighted by Gasteiger charge is -1.99. The fraction of sp³-hybridized carbons (Fsp3) is 0. The standard InChI is InChI=1S/C14H11ClN4/c15-11-5-3-10(4-6-11)13-8-14(19-18-13)17-12-2-1-7-16-9-12/h1-9H,(H2,17,18,19). The number of hydrogen-bond acceptors (Lipinski definition) is 3. The molecule has 0 saturated carbocycles. The Morgan fingerprint density at radius 1 is 1.11 bits per heavy atom. The van der Waals surface area contributed by atoms with E-state index in [1.54, 1.807) is 12.4 Å². The molecule has 4 nitrogen and oxygen atoms in total. The Balaban J connectivity index is 1.82. The Morgan fingerprint density at radius 3 is 2.68 bits per heavy atom. The first kappa shape index (κ1) is 11.7. The third-order valence-corrected chi connectivity index (χ3v) is 2.92. The largest absolute Gasteiger partial charge is 0.337 e.